The van der Waals surface area contributed by atoms with Crippen LogP contribution in [0.5, 0.6) is 0 Å². The van der Waals surface area contributed by atoms with Gasteiger partial charge in [0.25, 0.3) is 0 Å². The average Bonchev–Trinajstić information content (AvgIpc) is 2.73. The molecule has 18 heavy (non-hydrogen) atoms. The predicted octanol–water partition coefficient (Wildman–Crippen LogP) is 2.78. The molecule has 1 rings (SSSR count). The first-order chi connectivity index (χ1) is 8.58. The maximum atomic E-state index is 5.99. The van der Waals surface area contributed by atoms with Crippen LogP contribution in [-0.4, -0.2) is 50.1 Å². The molecule has 1 heterocycles. The summed E-state index contributed by atoms with van der Waals surface area (Å²) in [5.74, 6) is 0. The van der Waals surface area contributed by atoms with Crippen LogP contribution in [0.25, 0.3) is 0 Å². The van der Waals surface area contributed by atoms with E-state index in [4.69, 9.17) is 5.73 Å². The van der Waals surface area contributed by atoms with Crippen LogP contribution >= 0.6 is 27.3 Å². The van der Waals surface area contributed by atoms with Crippen LogP contribution in [0.15, 0.2) is 15.9 Å². The van der Waals surface area contributed by atoms with Crippen LogP contribution in [0.3, 0.4) is 0 Å². The Labute approximate surface area is 123 Å². The minimum absolute atomic E-state index is 0.348. The lowest BCUT2D eigenvalue weighted by Gasteiger charge is -2.31. The van der Waals surface area contributed by atoms with Crippen molar-refractivity contribution in [2.45, 2.75) is 19.4 Å². The molecule has 0 radical (unpaired) electrons. The van der Waals surface area contributed by atoms with Gasteiger partial charge < -0.3 is 10.6 Å². The molecule has 0 spiro atoms. The van der Waals surface area contributed by atoms with Crippen LogP contribution in [0.1, 0.15) is 24.3 Å². The highest BCUT2D eigenvalue weighted by atomic mass is 79.9. The van der Waals surface area contributed by atoms with Crippen molar-refractivity contribution in [3.63, 3.8) is 0 Å². The molecule has 0 aromatic carbocycles. The van der Waals surface area contributed by atoms with Crippen LogP contribution in [-0.2, 0) is 0 Å². The number of likely N-dealkylation sites (N-methyl/N-ethyl adjacent to an activating group) is 1. The summed E-state index contributed by atoms with van der Waals surface area (Å²) in [6.07, 6.45) is 1.16. The molecule has 5 heteroatoms. The number of halogens is 1. The molecule has 0 aliphatic carbocycles. The molecule has 2 N–H and O–H groups in total. The van der Waals surface area contributed by atoms with Gasteiger partial charge in [-0.1, -0.05) is 6.92 Å². The van der Waals surface area contributed by atoms with Crippen molar-refractivity contribution < 1.29 is 0 Å². The fourth-order valence-corrected chi connectivity index (χ4v) is 3.56. The second-order valence-electron chi connectivity index (χ2n) is 4.73. The zero-order valence-corrected chi connectivity index (χ0v) is 13.9. The van der Waals surface area contributed by atoms with Gasteiger partial charge in [0, 0.05) is 24.5 Å². The van der Waals surface area contributed by atoms with Gasteiger partial charge in [-0.3, -0.25) is 4.90 Å². The zero-order chi connectivity index (χ0) is 13.5. The highest BCUT2D eigenvalue weighted by Crippen LogP contribution is 2.30. The molecule has 0 saturated heterocycles. The molecular formula is C13H24BrN3S. The van der Waals surface area contributed by atoms with Crippen molar-refractivity contribution in [2.75, 3.05) is 40.3 Å². The zero-order valence-electron chi connectivity index (χ0n) is 11.5. The molecule has 1 aromatic heterocycles. The largest absolute Gasteiger partial charge is 0.329 e. The van der Waals surface area contributed by atoms with E-state index in [0.29, 0.717) is 12.6 Å². The summed E-state index contributed by atoms with van der Waals surface area (Å²) < 4.78 is 1.18. The lowest BCUT2D eigenvalue weighted by Crippen LogP contribution is -2.38. The molecule has 0 aliphatic heterocycles. The van der Waals surface area contributed by atoms with Gasteiger partial charge in [0.05, 0.1) is 9.83 Å². The van der Waals surface area contributed by atoms with E-state index in [1.165, 1.54) is 8.66 Å². The van der Waals surface area contributed by atoms with E-state index in [9.17, 15) is 0 Å². The van der Waals surface area contributed by atoms with Crippen molar-refractivity contribution in [1.82, 2.24) is 9.80 Å². The molecule has 0 aliphatic rings. The van der Waals surface area contributed by atoms with E-state index in [1.807, 2.05) is 0 Å². The SMILES string of the molecule is CCCN(CCN(C)C)C(CN)c1ccc(Br)s1. The maximum absolute atomic E-state index is 5.99. The van der Waals surface area contributed by atoms with E-state index in [-0.39, 0.29) is 0 Å². The Morgan fingerprint density at radius 3 is 2.44 bits per heavy atom. The molecular weight excluding hydrogens is 310 g/mol. The second kappa shape index (κ2) is 8.27. The molecule has 3 nitrogen and oxygen atoms in total. The van der Waals surface area contributed by atoms with Crippen LogP contribution < -0.4 is 5.73 Å². The number of nitrogens with two attached hydrogens (primary N) is 1. The monoisotopic (exact) mass is 333 g/mol. The second-order valence-corrected chi connectivity index (χ2v) is 7.23. The number of hydrogen-bond acceptors (Lipinski definition) is 4. The summed E-state index contributed by atoms with van der Waals surface area (Å²) in [7, 11) is 4.23. The van der Waals surface area contributed by atoms with Gasteiger partial charge in [-0.25, -0.2) is 0 Å². The topological polar surface area (TPSA) is 32.5 Å². The fraction of sp³-hybridized carbons (Fsp3) is 0.692. The molecule has 104 valence electrons. The van der Waals surface area contributed by atoms with Gasteiger partial charge in [-0.2, -0.15) is 0 Å². The minimum Gasteiger partial charge on any atom is -0.329 e. The Balaban J connectivity index is 2.73. The van der Waals surface area contributed by atoms with Crippen molar-refractivity contribution in [2.24, 2.45) is 5.73 Å². The first kappa shape index (κ1) is 16.1. The molecule has 0 bridgehead atoms. The smallest absolute Gasteiger partial charge is 0.0702 e. The lowest BCUT2D eigenvalue weighted by molar-refractivity contribution is 0.185. The highest BCUT2D eigenvalue weighted by molar-refractivity contribution is 9.11. The summed E-state index contributed by atoms with van der Waals surface area (Å²) >= 11 is 5.32. The van der Waals surface area contributed by atoms with E-state index in [0.717, 1.165) is 26.1 Å². The van der Waals surface area contributed by atoms with Crippen molar-refractivity contribution >= 4 is 27.3 Å². The third-order valence-corrected chi connectivity index (χ3v) is 4.66. The number of thiophene rings is 1. The highest BCUT2D eigenvalue weighted by Gasteiger charge is 2.19. The summed E-state index contributed by atoms with van der Waals surface area (Å²) in [6, 6.07) is 4.64. The Hall–Kier alpha value is 0.0600. The van der Waals surface area contributed by atoms with Crippen molar-refractivity contribution in [3.8, 4) is 0 Å². The minimum atomic E-state index is 0.348. The van der Waals surface area contributed by atoms with E-state index in [1.54, 1.807) is 11.3 Å². The Bertz CT molecular complexity index is 341. The number of rotatable bonds is 8. The van der Waals surface area contributed by atoms with Crippen LogP contribution in [0.2, 0.25) is 0 Å². The van der Waals surface area contributed by atoms with Gasteiger partial charge in [0.15, 0.2) is 0 Å². The maximum Gasteiger partial charge on any atom is 0.0702 e. The average molecular weight is 334 g/mol. The van der Waals surface area contributed by atoms with E-state index in [2.05, 4.69) is 58.9 Å². The van der Waals surface area contributed by atoms with Gasteiger partial charge in [0.1, 0.15) is 0 Å². The van der Waals surface area contributed by atoms with Gasteiger partial charge >= 0.3 is 0 Å². The summed E-state index contributed by atoms with van der Waals surface area (Å²) in [5, 5.41) is 0. The summed E-state index contributed by atoms with van der Waals surface area (Å²) in [6.45, 7) is 6.15. The number of hydrogen-bond donors (Lipinski definition) is 1. The van der Waals surface area contributed by atoms with Crippen LogP contribution in [0.4, 0.5) is 0 Å². The molecule has 0 fully saturated rings. The quantitative estimate of drug-likeness (QED) is 0.793. The molecule has 0 saturated carbocycles. The van der Waals surface area contributed by atoms with Gasteiger partial charge in [-0.05, 0) is 55.1 Å². The van der Waals surface area contributed by atoms with Crippen molar-refractivity contribution in [1.29, 1.82) is 0 Å². The van der Waals surface area contributed by atoms with E-state index >= 15 is 0 Å². The summed E-state index contributed by atoms with van der Waals surface area (Å²) in [4.78, 5) is 6.08. The predicted molar refractivity (Wildman–Crippen MR) is 84.2 cm³/mol. The molecule has 1 aromatic rings. The lowest BCUT2D eigenvalue weighted by atomic mass is 10.2. The van der Waals surface area contributed by atoms with Crippen LogP contribution in [0, 0.1) is 0 Å². The van der Waals surface area contributed by atoms with E-state index < -0.39 is 0 Å². The van der Waals surface area contributed by atoms with Gasteiger partial charge in [0.2, 0.25) is 0 Å². The normalized spacial score (nSPS) is 13.5. The third kappa shape index (κ3) is 4.97. The first-order valence-electron chi connectivity index (χ1n) is 6.42. The Morgan fingerprint density at radius 1 is 1.28 bits per heavy atom. The first-order valence-corrected chi connectivity index (χ1v) is 8.03. The Kier molecular flexibility index (Phi) is 7.41. The van der Waals surface area contributed by atoms with Gasteiger partial charge in [-0.15, -0.1) is 11.3 Å². The standard InChI is InChI=1S/C13H24BrN3S/c1-4-7-17(9-8-16(2)3)11(10-15)12-5-6-13(14)18-12/h5-6,11H,4,7-10,15H2,1-3H3. The van der Waals surface area contributed by atoms with Crippen molar-refractivity contribution in [3.05, 3.63) is 20.8 Å². The fourth-order valence-electron chi connectivity index (χ4n) is 1.99. The number of nitrogens with zero attached hydrogens (tertiary/aromatic N) is 2. The summed E-state index contributed by atoms with van der Waals surface area (Å²) in [5.41, 5.74) is 5.99. The Morgan fingerprint density at radius 2 is 2.00 bits per heavy atom. The third-order valence-electron chi connectivity index (χ3n) is 2.93. The molecule has 1 atom stereocenters. The molecule has 0 amide bonds. The molecule has 1 unspecified atom stereocenters.